The molecule has 2 aromatic rings. The van der Waals surface area contributed by atoms with Gasteiger partial charge in [-0.2, -0.15) is 0 Å². The van der Waals surface area contributed by atoms with Crippen molar-refractivity contribution in [2.24, 2.45) is 0 Å². The summed E-state index contributed by atoms with van der Waals surface area (Å²) in [5.74, 6) is 0. The summed E-state index contributed by atoms with van der Waals surface area (Å²) in [5, 5.41) is 4.82. The van der Waals surface area contributed by atoms with Gasteiger partial charge in [-0.15, -0.1) is 12.1 Å². The summed E-state index contributed by atoms with van der Waals surface area (Å²) in [4.78, 5) is 0. The van der Waals surface area contributed by atoms with Crippen molar-refractivity contribution in [3.05, 3.63) is 77.1 Å². The smallest absolute Gasteiger partial charge is 0.650 e. The number of hydrogen-bond acceptors (Lipinski definition) is 0. The quantitative estimate of drug-likeness (QED) is 0.713. The largest absolute Gasteiger partial charge is 1.00 e. The van der Waals surface area contributed by atoms with Crippen molar-refractivity contribution in [2.45, 2.75) is 25.9 Å². The molecule has 0 bridgehead atoms. The maximum absolute atomic E-state index is 4.82. The Morgan fingerprint density at radius 2 is 1.00 bits per heavy atom. The molecule has 0 saturated heterocycles. The van der Waals surface area contributed by atoms with Gasteiger partial charge in [0.15, 0.2) is 0 Å². The minimum Gasteiger partial charge on any atom is -0.650 e. The Balaban J connectivity index is 0.00000162. The SMILES string of the molecule is C[C@@H]([N-][C@H](C)c1ccccc1)c1ccccc1.[Li+]. The number of benzene rings is 2. The van der Waals surface area contributed by atoms with Crippen molar-refractivity contribution >= 4 is 0 Å². The fraction of sp³-hybridized carbons (Fsp3) is 0.250. The van der Waals surface area contributed by atoms with Crippen LogP contribution in [0.4, 0.5) is 0 Å². The van der Waals surface area contributed by atoms with Crippen LogP contribution < -0.4 is 18.9 Å². The number of nitrogens with zero attached hydrogens (tertiary/aromatic N) is 1. The average molecular weight is 231 g/mol. The van der Waals surface area contributed by atoms with E-state index in [0.29, 0.717) is 0 Å². The molecule has 2 aromatic carbocycles. The van der Waals surface area contributed by atoms with E-state index in [4.69, 9.17) is 5.32 Å². The maximum Gasteiger partial charge on any atom is 1.00 e. The second kappa shape index (κ2) is 7.44. The summed E-state index contributed by atoms with van der Waals surface area (Å²) >= 11 is 0. The molecule has 1 nitrogen and oxygen atoms in total. The molecule has 18 heavy (non-hydrogen) atoms. The molecule has 0 saturated carbocycles. The molecule has 0 amide bonds. The van der Waals surface area contributed by atoms with E-state index in [9.17, 15) is 0 Å². The van der Waals surface area contributed by atoms with Crippen LogP contribution in [0, 0.1) is 0 Å². The Bertz CT molecular complexity index is 398. The minimum atomic E-state index is 0. The molecular formula is C16H18LiN. The molecule has 0 spiro atoms. The molecule has 88 valence electrons. The first-order valence-electron chi connectivity index (χ1n) is 6.07. The van der Waals surface area contributed by atoms with E-state index in [0.717, 1.165) is 0 Å². The second-order valence-corrected chi connectivity index (χ2v) is 4.32. The Kier molecular flexibility index (Phi) is 6.22. The van der Waals surface area contributed by atoms with Crippen LogP contribution in [0.25, 0.3) is 5.32 Å². The Morgan fingerprint density at radius 3 is 1.33 bits per heavy atom. The topological polar surface area (TPSA) is 14.1 Å². The van der Waals surface area contributed by atoms with E-state index in [-0.39, 0.29) is 30.9 Å². The van der Waals surface area contributed by atoms with Crippen LogP contribution in [0.2, 0.25) is 0 Å². The standard InChI is InChI=1S/C16H18N.Li/c1-13(15-9-5-3-6-10-15)17-14(2)16-11-7-4-8-12-16;/h3-14H,1-2H3;/q-1;+1/t13-,14-;/m1./s1. The van der Waals surface area contributed by atoms with Crippen molar-refractivity contribution < 1.29 is 18.9 Å². The van der Waals surface area contributed by atoms with Crippen LogP contribution in [0.5, 0.6) is 0 Å². The third kappa shape index (κ3) is 4.03. The first-order chi connectivity index (χ1) is 8.27. The van der Waals surface area contributed by atoms with E-state index < -0.39 is 0 Å². The first-order valence-corrected chi connectivity index (χ1v) is 6.07. The molecule has 0 N–H and O–H groups in total. The minimum absolute atomic E-state index is 0. The molecule has 0 radical (unpaired) electrons. The molecule has 2 rings (SSSR count). The third-order valence-corrected chi connectivity index (χ3v) is 3.01. The van der Waals surface area contributed by atoms with E-state index in [1.807, 2.05) is 12.1 Å². The summed E-state index contributed by atoms with van der Waals surface area (Å²) in [6.07, 6.45) is 0. The van der Waals surface area contributed by atoms with Crippen LogP contribution in [0.3, 0.4) is 0 Å². The fourth-order valence-corrected chi connectivity index (χ4v) is 1.97. The molecule has 0 aliphatic heterocycles. The molecule has 0 aromatic heterocycles. The van der Waals surface area contributed by atoms with Gasteiger partial charge in [0.05, 0.1) is 0 Å². The van der Waals surface area contributed by atoms with Gasteiger partial charge < -0.3 is 5.32 Å². The summed E-state index contributed by atoms with van der Waals surface area (Å²) < 4.78 is 0. The molecule has 2 atom stereocenters. The number of rotatable bonds is 4. The molecule has 0 aliphatic carbocycles. The average Bonchev–Trinajstić information content (AvgIpc) is 2.40. The van der Waals surface area contributed by atoms with Gasteiger partial charge in [0.1, 0.15) is 0 Å². The zero-order valence-corrected chi connectivity index (χ0v) is 11.4. The normalized spacial score (nSPS) is 13.4. The van der Waals surface area contributed by atoms with Crippen LogP contribution in [0.1, 0.15) is 37.1 Å². The zero-order valence-electron chi connectivity index (χ0n) is 11.4. The maximum atomic E-state index is 4.82. The van der Waals surface area contributed by atoms with Gasteiger partial charge in [-0.1, -0.05) is 85.6 Å². The summed E-state index contributed by atoms with van der Waals surface area (Å²) in [6.45, 7) is 4.30. The Labute approximate surface area is 122 Å². The monoisotopic (exact) mass is 231 g/mol. The van der Waals surface area contributed by atoms with Crippen molar-refractivity contribution in [1.29, 1.82) is 0 Å². The van der Waals surface area contributed by atoms with Gasteiger partial charge in [0.2, 0.25) is 0 Å². The number of hydrogen-bond donors (Lipinski definition) is 0. The molecule has 0 unspecified atom stereocenters. The Morgan fingerprint density at radius 1 is 0.667 bits per heavy atom. The van der Waals surface area contributed by atoms with E-state index >= 15 is 0 Å². The van der Waals surface area contributed by atoms with Crippen molar-refractivity contribution in [2.75, 3.05) is 0 Å². The van der Waals surface area contributed by atoms with Crippen molar-refractivity contribution in [3.63, 3.8) is 0 Å². The van der Waals surface area contributed by atoms with Crippen LogP contribution in [-0.2, 0) is 0 Å². The van der Waals surface area contributed by atoms with E-state index in [2.05, 4.69) is 62.4 Å². The van der Waals surface area contributed by atoms with Gasteiger partial charge in [-0.05, 0) is 0 Å². The van der Waals surface area contributed by atoms with E-state index in [1.54, 1.807) is 0 Å². The van der Waals surface area contributed by atoms with Gasteiger partial charge in [-0.25, -0.2) is 0 Å². The predicted octanol–water partition coefficient (Wildman–Crippen LogP) is 1.89. The van der Waals surface area contributed by atoms with Gasteiger partial charge in [0, 0.05) is 0 Å². The summed E-state index contributed by atoms with van der Waals surface area (Å²) in [6, 6.07) is 21.3. The molecular weight excluding hydrogens is 213 g/mol. The fourth-order valence-electron chi connectivity index (χ4n) is 1.97. The van der Waals surface area contributed by atoms with Gasteiger partial charge >= 0.3 is 18.9 Å². The van der Waals surface area contributed by atoms with Crippen LogP contribution in [-0.4, -0.2) is 0 Å². The van der Waals surface area contributed by atoms with Gasteiger partial charge in [-0.3, -0.25) is 0 Å². The van der Waals surface area contributed by atoms with Crippen molar-refractivity contribution in [1.82, 2.24) is 0 Å². The molecule has 0 fully saturated rings. The van der Waals surface area contributed by atoms with Crippen LogP contribution in [0.15, 0.2) is 60.7 Å². The Hall–Kier alpha value is -1.00. The third-order valence-electron chi connectivity index (χ3n) is 3.01. The van der Waals surface area contributed by atoms with Crippen LogP contribution >= 0.6 is 0 Å². The molecule has 0 aliphatic rings. The summed E-state index contributed by atoms with van der Waals surface area (Å²) in [5.41, 5.74) is 2.55. The first kappa shape index (κ1) is 15.1. The van der Waals surface area contributed by atoms with Gasteiger partial charge in [0.25, 0.3) is 0 Å². The second-order valence-electron chi connectivity index (χ2n) is 4.32. The van der Waals surface area contributed by atoms with E-state index in [1.165, 1.54) is 11.1 Å². The zero-order chi connectivity index (χ0) is 12.1. The summed E-state index contributed by atoms with van der Waals surface area (Å²) in [7, 11) is 0. The van der Waals surface area contributed by atoms with Crippen molar-refractivity contribution in [3.8, 4) is 0 Å². The molecule has 0 heterocycles. The predicted molar refractivity (Wildman–Crippen MR) is 73.1 cm³/mol. The molecule has 2 heteroatoms.